The number of nitriles is 1. The second-order valence-corrected chi connectivity index (χ2v) is 2.88. The molecule has 0 spiro atoms. The molecule has 0 N–H and O–H groups in total. The van der Waals surface area contributed by atoms with Gasteiger partial charge in [0.1, 0.15) is 0 Å². The fourth-order valence-corrected chi connectivity index (χ4v) is 1.29. The van der Waals surface area contributed by atoms with Crippen LogP contribution in [0.4, 0.5) is 0 Å². The van der Waals surface area contributed by atoms with E-state index in [1.54, 1.807) is 0 Å². The van der Waals surface area contributed by atoms with Crippen LogP contribution in [0.1, 0.15) is 13.3 Å². The SMILES string of the molecule is CC1(C#N)N=NC2CC21. The first-order chi connectivity index (χ1) is 4.26. The molecule has 1 aliphatic carbocycles. The summed E-state index contributed by atoms with van der Waals surface area (Å²) in [4.78, 5) is 0. The van der Waals surface area contributed by atoms with Crippen LogP contribution in [0.15, 0.2) is 10.2 Å². The highest BCUT2D eigenvalue weighted by Gasteiger charge is 2.56. The van der Waals surface area contributed by atoms with Crippen LogP contribution >= 0.6 is 0 Å². The first-order valence-electron chi connectivity index (χ1n) is 3.09. The Kier molecular flexibility index (Phi) is 0.631. The third-order valence-electron chi connectivity index (χ3n) is 2.12. The highest BCUT2D eigenvalue weighted by molar-refractivity contribution is 5.21. The summed E-state index contributed by atoms with van der Waals surface area (Å²) >= 11 is 0. The zero-order chi connectivity index (χ0) is 6.48. The van der Waals surface area contributed by atoms with Gasteiger partial charge in [-0.2, -0.15) is 15.5 Å². The van der Waals surface area contributed by atoms with Gasteiger partial charge in [0, 0.05) is 5.92 Å². The van der Waals surface area contributed by atoms with Crippen LogP contribution in [0.25, 0.3) is 0 Å². The molecular formula is C6H7N3. The van der Waals surface area contributed by atoms with Crippen molar-refractivity contribution < 1.29 is 0 Å². The minimum absolute atomic E-state index is 0.398. The van der Waals surface area contributed by atoms with Crippen LogP contribution < -0.4 is 0 Å². The van der Waals surface area contributed by atoms with Gasteiger partial charge >= 0.3 is 0 Å². The molecule has 2 aliphatic rings. The number of rotatable bonds is 0. The van der Waals surface area contributed by atoms with Gasteiger partial charge in [0.05, 0.1) is 12.1 Å². The Morgan fingerprint density at radius 3 is 2.78 bits per heavy atom. The normalized spacial score (nSPS) is 52.4. The van der Waals surface area contributed by atoms with Crippen molar-refractivity contribution in [3.63, 3.8) is 0 Å². The summed E-state index contributed by atoms with van der Waals surface area (Å²) in [7, 11) is 0. The molecule has 3 unspecified atom stereocenters. The molecule has 0 aromatic heterocycles. The summed E-state index contributed by atoms with van der Waals surface area (Å²) in [6.45, 7) is 1.86. The van der Waals surface area contributed by atoms with Gasteiger partial charge < -0.3 is 0 Å². The molecule has 46 valence electrons. The third kappa shape index (κ3) is 0.455. The molecule has 0 amide bonds. The molecule has 0 radical (unpaired) electrons. The van der Waals surface area contributed by atoms with Crippen LogP contribution in [-0.4, -0.2) is 11.6 Å². The molecule has 0 bridgehead atoms. The number of hydrogen-bond donors (Lipinski definition) is 0. The molecular weight excluding hydrogens is 114 g/mol. The van der Waals surface area contributed by atoms with E-state index in [1.807, 2.05) is 6.92 Å². The highest BCUT2D eigenvalue weighted by atomic mass is 15.3. The third-order valence-corrected chi connectivity index (χ3v) is 2.12. The number of hydrogen-bond acceptors (Lipinski definition) is 3. The average molecular weight is 121 g/mol. The summed E-state index contributed by atoms with van der Waals surface area (Å²) in [5, 5.41) is 16.4. The van der Waals surface area contributed by atoms with E-state index in [0.29, 0.717) is 12.0 Å². The molecule has 0 aromatic rings. The van der Waals surface area contributed by atoms with E-state index in [4.69, 9.17) is 5.26 Å². The van der Waals surface area contributed by atoms with E-state index in [1.165, 1.54) is 0 Å². The van der Waals surface area contributed by atoms with Gasteiger partial charge in [-0.05, 0) is 13.3 Å². The molecule has 0 saturated heterocycles. The first-order valence-corrected chi connectivity index (χ1v) is 3.09. The fraction of sp³-hybridized carbons (Fsp3) is 0.833. The fourth-order valence-electron chi connectivity index (χ4n) is 1.29. The molecule has 1 saturated carbocycles. The van der Waals surface area contributed by atoms with Crippen LogP contribution in [0, 0.1) is 17.2 Å². The Hall–Kier alpha value is -0.910. The molecule has 3 nitrogen and oxygen atoms in total. The van der Waals surface area contributed by atoms with Crippen LogP contribution in [0.5, 0.6) is 0 Å². The van der Waals surface area contributed by atoms with Crippen molar-refractivity contribution in [2.45, 2.75) is 24.9 Å². The van der Waals surface area contributed by atoms with Crippen molar-refractivity contribution in [1.82, 2.24) is 0 Å². The maximum atomic E-state index is 8.62. The lowest BCUT2D eigenvalue weighted by atomic mass is 10.0. The molecule has 9 heavy (non-hydrogen) atoms. The largest absolute Gasteiger partial charge is 0.196 e. The molecule has 3 atom stereocenters. The van der Waals surface area contributed by atoms with Gasteiger partial charge in [-0.15, -0.1) is 0 Å². The van der Waals surface area contributed by atoms with Gasteiger partial charge in [-0.1, -0.05) is 0 Å². The number of fused-ring (bicyclic) bond motifs is 1. The summed E-state index contributed by atoms with van der Waals surface area (Å²) in [6, 6.07) is 2.57. The molecule has 1 heterocycles. The maximum absolute atomic E-state index is 8.62. The van der Waals surface area contributed by atoms with Crippen molar-refractivity contribution in [3.8, 4) is 6.07 Å². The molecule has 1 fully saturated rings. The minimum Gasteiger partial charge on any atom is -0.196 e. The monoisotopic (exact) mass is 121 g/mol. The van der Waals surface area contributed by atoms with Crippen LogP contribution in [-0.2, 0) is 0 Å². The number of azo groups is 1. The van der Waals surface area contributed by atoms with E-state index in [2.05, 4.69) is 16.3 Å². The lowest BCUT2D eigenvalue weighted by molar-refractivity contribution is 0.541. The predicted molar refractivity (Wildman–Crippen MR) is 30.8 cm³/mol. The average Bonchev–Trinajstić information content (AvgIpc) is 2.58. The van der Waals surface area contributed by atoms with Crippen molar-refractivity contribution in [2.75, 3.05) is 0 Å². The molecule has 2 rings (SSSR count). The van der Waals surface area contributed by atoms with Gasteiger partial charge in [0.15, 0.2) is 5.54 Å². The number of nitrogens with zero attached hydrogens (tertiary/aromatic N) is 3. The lowest BCUT2D eigenvalue weighted by Crippen LogP contribution is -2.19. The highest BCUT2D eigenvalue weighted by Crippen LogP contribution is 2.49. The quantitative estimate of drug-likeness (QED) is 0.473. The Balaban J connectivity index is 2.33. The Morgan fingerprint density at radius 2 is 2.56 bits per heavy atom. The minimum atomic E-state index is -0.468. The summed E-state index contributed by atoms with van der Waals surface area (Å²) in [6.07, 6.45) is 1.08. The summed E-state index contributed by atoms with van der Waals surface area (Å²) in [5.41, 5.74) is -0.468. The summed E-state index contributed by atoms with van der Waals surface area (Å²) in [5.74, 6) is 0.447. The van der Waals surface area contributed by atoms with E-state index < -0.39 is 5.54 Å². The second-order valence-electron chi connectivity index (χ2n) is 2.88. The zero-order valence-electron chi connectivity index (χ0n) is 5.20. The topological polar surface area (TPSA) is 48.5 Å². The molecule has 3 heteroatoms. The maximum Gasteiger partial charge on any atom is 0.169 e. The second kappa shape index (κ2) is 1.15. The van der Waals surface area contributed by atoms with Crippen molar-refractivity contribution in [1.29, 1.82) is 5.26 Å². The van der Waals surface area contributed by atoms with Crippen molar-refractivity contribution >= 4 is 0 Å². The summed E-state index contributed by atoms with van der Waals surface area (Å²) < 4.78 is 0. The first kappa shape index (κ1) is 4.92. The lowest BCUT2D eigenvalue weighted by Gasteiger charge is -2.07. The van der Waals surface area contributed by atoms with Gasteiger partial charge in [-0.3, -0.25) is 0 Å². The van der Waals surface area contributed by atoms with Crippen LogP contribution in [0.2, 0.25) is 0 Å². The van der Waals surface area contributed by atoms with Gasteiger partial charge in [0.25, 0.3) is 0 Å². The van der Waals surface area contributed by atoms with Crippen molar-refractivity contribution in [2.24, 2.45) is 16.1 Å². The standard InChI is InChI=1S/C6H7N3/c1-6(3-7)4-2-5(4)8-9-6/h4-5H,2H2,1H3. The van der Waals surface area contributed by atoms with E-state index in [0.717, 1.165) is 6.42 Å². The molecule has 0 aromatic carbocycles. The van der Waals surface area contributed by atoms with E-state index in [-0.39, 0.29) is 0 Å². The van der Waals surface area contributed by atoms with E-state index >= 15 is 0 Å². The Morgan fingerprint density at radius 1 is 1.78 bits per heavy atom. The Labute approximate surface area is 53.4 Å². The van der Waals surface area contributed by atoms with Gasteiger partial charge in [-0.25, -0.2) is 0 Å². The predicted octanol–water partition coefficient (Wildman–Crippen LogP) is 1.12. The molecule has 1 aliphatic heterocycles. The van der Waals surface area contributed by atoms with Gasteiger partial charge in [0.2, 0.25) is 0 Å². The smallest absolute Gasteiger partial charge is 0.169 e. The van der Waals surface area contributed by atoms with Crippen LogP contribution in [0.3, 0.4) is 0 Å². The van der Waals surface area contributed by atoms with E-state index in [9.17, 15) is 0 Å². The zero-order valence-corrected chi connectivity index (χ0v) is 5.20. The van der Waals surface area contributed by atoms with Crippen molar-refractivity contribution in [3.05, 3.63) is 0 Å². The Bertz CT molecular complexity index is 215.